The highest BCUT2D eigenvalue weighted by molar-refractivity contribution is 6.13. The smallest absolute Gasteiger partial charge is 0.328 e. The number of phenols is 1. The van der Waals surface area contributed by atoms with Crippen LogP contribution < -0.4 is 0 Å². The average molecular weight is 395 g/mol. The lowest BCUT2D eigenvalue weighted by Gasteiger charge is -2.15. The lowest BCUT2D eigenvalue weighted by Crippen LogP contribution is -2.24. The van der Waals surface area contributed by atoms with Gasteiger partial charge in [-0.25, -0.2) is 13.6 Å². The molecule has 3 rings (SSSR count). The summed E-state index contributed by atoms with van der Waals surface area (Å²) < 4.78 is 26.7. The Morgan fingerprint density at radius 3 is 1.93 bits per heavy atom. The normalized spacial score (nSPS) is 11.8. The number of phenolic OH excluding ortho intramolecular Hbond substituents is 1. The number of halogens is 2. The van der Waals surface area contributed by atoms with Crippen molar-refractivity contribution in [3.05, 3.63) is 101 Å². The van der Waals surface area contributed by atoms with Crippen molar-refractivity contribution in [1.29, 1.82) is 0 Å². The van der Waals surface area contributed by atoms with E-state index in [1.165, 1.54) is 12.1 Å². The molecule has 0 bridgehead atoms. The van der Waals surface area contributed by atoms with Gasteiger partial charge in [0.15, 0.2) is 6.04 Å². The van der Waals surface area contributed by atoms with Gasteiger partial charge in [-0.2, -0.15) is 0 Å². The van der Waals surface area contributed by atoms with Gasteiger partial charge in [0.25, 0.3) is 6.43 Å². The van der Waals surface area contributed by atoms with Crippen molar-refractivity contribution in [2.45, 2.75) is 18.9 Å². The fourth-order valence-corrected chi connectivity index (χ4v) is 3.03. The summed E-state index contributed by atoms with van der Waals surface area (Å²) >= 11 is 0. The lowest BCUT2D eigenvalue weighted by atomic mass is 9.98. The molecule has 0 amide bonds. The minimum atomic E-state index is -2.83. The summed E-state index contributed by atoms with van der Waals surface area (Å²) in [6.07, 6.45) is -3.06. The van der Waals surface area contributed by atoms with Crippen molar-refractivity contribution in [1.82, 2.24) is 0 Å². The second kappa shape index (κ2) is 9.10. The third-order valence-electron chi connectivity index (χ3n) is 4.44. The van der Waals surface area contributed by atoms with Crippen molar-refractivity contribution < 1.29 is 23.8 Å². The van der Waals surface area contributed by atoms with Crippen LogP contribution in [0.1, 0.15) is 28.7 Å². The van der Waals surface area contributed by atoms with E-state index in [0.717, 1.165) is 17.2 Å². The van der Waals surface area contributed by atoms with Crippen LogP contribution in [0.2, 0.25) is 0 Å². The predicted molar refractivity (Wildman–Crippen MR) is 107 cm³/mol. The third-order valence-corrected chi connectivity index (χ3v) is 4.44. The van der Waals surface area contributed by atoms with Crippen LogP contribution in [0, 0.1) is 0 Å². The van der Waals surface area contributed by atoms with Crippen LogP contribution in [0.4, 0.5) is 8.78 Å². The number of aliphatic carboxylic acids is 1. The fraction of sp³-hybridized carbons (Fsp3) is 0.130. The van der Waals surface area contributed by atoms with Gasteiger partial charge < -0.3 is 10.2 Å². The molecule has 0 aliphatic rings. The van der Waals surface area contributed by atoms with Crippen LogP contribution >= 0.6 is 0 Å². The molecule has 0 saturated carbocycles. The Kier molecular flexibility index (Phi) is 6.34. The van der Waals surface area contributed by atoms with E-state index in [1.807, 2.05) is 60.7 Å². The molecule has 29 heavy (non-hydrogen) atoms. The van der Waals surface area contributed by atoms with E-state index in [-0.39, 0.29) is 17.7 Å². The number of rotatable bonds is 7. The summed E-state index contributed by atoms with van der Waals surface area (Å²) in [7, 11) is 0. The number of hydrogen-bond donors (Lipinski definition) is 2. The van der Waals surface area contributed by atoms with Crippen molar-refractivity contribution in [3.8, 4) is 5.75 Å². The molecule has 0 aliphatic carbocycles. The highest BCUT2D eigenvalue weighted by atomic mass is 19.3. The number of carboxylic acids is 1. The second-order valence-corrected chi connectivity index (χ2v) is 6.45. The van der Waals surface area contributed by atoms with Crippen molar-refractivity contribution in [2.75, 3.05) is 0 Å². The van der Waals surface area contributed by atoms with Gasteiger partial charge in [-0.15, -0.1) is 0 Å². The maximum Gasteiger partial charge on any atom is 0.328 e. The highest BCUT2D eigenvalue weighted by Gasteiger charge is 2.23. The van der Waals surface area contributed by atoms with E-state index in [4.69, 9.17) is 0 Å². The molecule has 148 valence electrons. The molecule has 4 nitrogen and oxygen atoms in total. The number of aliphatic imine (C=N–C) groups is 1. The molecule has 0 unspecified atom stereocenters. The molecule has 0 spiro atoms. The predicted octanol–water partition coefficient (Wildman–Crippen LogP) is 4.86. The summed E-state index contributed by atoms with van der Waals surface area (Å²) in [5.41, 5.74) is 1.66. The summed E-state index contributed by atoms with van der Waals surface area (Å²) in [6, 6.07) is 20.5. The van der Waals surface area contributed by atoms with Gasteiger partial charge in [-0.05, 0) is 17.7 Å². The molecule has 0 radical (unpaired) electrons. The van der Waals surface area contributed by atoms with Gasteiger partial charge in [-0.1, -0.05) is 66.7 Å². The van der Waals surface area contributed by atoms with Gasteiger partial charge in [0.2, 0.25) is 0 Å². The van der Waals surface area contributed by atoms with Crippen LogP contribution in [0.3, 0.4) is 0 Å². The molecule has 0 heterocycles. The fourth-order valence-electron chi connectivity index (χ4n) is 3.03. The molecule has 0 aliphatic heterocycles. The first-order chi connectivity index (χ1) is 14.0. The first-order valence-electron chi connectivity index (χ1n) is 8.97. The number of nitrogens with zero attached hydrogens (tertiary/aromatic N) is 1. The Hall–Kier alpha value is -3.54. The minimum absolute atomic E-state index is 0.134. The molecule has 1 atom stereocenters. The number of benzene rings is 3. The highest BCUT2D eigenvalue weighted by Crippen LogP contribution is 2.28. The summed E-state index contributed by atoms with van der Waals surface area (Å²) in [5, 5.41) is 19.2. The molecular formula is C23H19F2NO3. The van der Waals surface area contributed by atoms with E-state index in [1.54, 1.807) is 0 Å². The SMILES string of the molecule is O=C(O)[C@H](Cc1ccc(O)cc1C(F)F)N=C(c1ccccc1)c1ccccc1. The molecule has 3 aromatic rings. The number of alkyl halides is 2. The third kappa shape index (κ3) is 5.04. The van der Waals surface area contributed by atoms with E-state index >= 15 is 0 Å². The van der Waals surface area contributed by atoms with Crippen LogP contribution in [-0.4, -0.2) is 27.9 Å². The number of carboxylic acid groups (broad SMARTS) is 1. The van der Waals surface area contributed by atoms with Gasteiger partial charge in [0.05, 0.1) is 5.71 Å². The van der Waals surface area contributed by atoms with Crippen LogP contribution in [0.5, 0.6) is 5.75 Å². The zero-order valence-corrected chi connectivity index (χ0v) is 15.4. The topological polar surface area (TPSA) is 69.9 Å². The van der Waals surface area contributed by atoms with Gasteiger partial charge in [-0.3, -0.25) is 4.99 Å². The Morgan fingerprint density at radius 1 is 0.897 bits per heavy atom. The standard InChI is InChI=1S/C23H19F2NO3/c24-22(25)19-14-18(27)12-11-17(19)13-20(23(28)29)26-21(15-7-3-1-4-8-15)16-9-5-2-6-10-16/h1-12,14,20,22,27H,13H2,(H,28,29)/t20-/m0/s1. The van der Waals surface area contributed by atoms with Gasteiger partial charge in [0.1, 0.15) is 5.75 Å². The molecule has 0 fully saturated rings. The largest absolute Gasteiger partial charge is 0.508 e. The molecule has 3 aromatic carbocycles. The lowest BCUT2D eigenvalue weighted by molar-refractivity contribution is -0.138. The summed E-state index contributed by atoms with van der Waals surface area (Å²) in [5.74, 6) is -1.52. The first-order valence-corrected chi connectivity index (χ1v) is 8.97. The maximum absolute atomic E-state index is 13.4. The van der Waals surface area contributed by atoms with Gasteiger partial charge in [0, 0.05) is 23.1 Å². The summed E-state index contributed by atoms with van der Waals surface area (Å²) in [6.45, 7) is 0. The molecule has 0 saturated heterocycles. The molecular weight excluding hydrogens is 376 g/mol. The Balaban J connectivity index is 2.05. The molecule has 2 N–H and O–H groups in total. The van der Waals surface area contributed by atoms with Crippen molar-refractivity contribution in [2.24, 2.45) is 4.99 Å². The average Bonchev–Trinajstić information content (AvgIpc) is 2.73. The molecule has 6 heteroatoms. The first kappa shape index (κ1) is 20.2. The Bertz CT molecular complexity index is 964. The van der Waals surface area contributed by atoms with E-state index in [0.29, 0.717) is 5.71 Å². The van der Waals surface area contributed by atoms with Crippen LogP contribution in [-0.2, 0) is 11.2 Å². The quantitative estimate of drug-likeness (QED) is 0.561. The van der Waals surface area contributed by atoms with E-state index in [9.17, 15) is 23.8 Å². The monoisotopic (exact) mass is 395 g/mol. The summed E-state index contributed by atoms with van der Waals surface area (Å²) in [4.78, 5) is 16.4. The maximum atomic E-state index is 13.4. The van der Waals surface area contributed by atoms with Crippen molar-refractivity contribution >= 4 is 11.7 Å². The molecule has 0 aromatic heterocycles. The van der Waals surface area contributed by atoms with E-state index < -0.39 is 24.0 Å². The van der Waals surface area contributed by atoms with Crippen LogP contribution in [0.15, 0.2) is 83.9 Å². The Labute approximate surface area is 166 Å². The Morgan fingerprint density at radius 2 is 1.45 bits per heavy atom. The number of aromatic hydroxyl groups is 1. The van der Waals surface area contributed by atoms with Gasteiger partial charge >= 0.3 is 5.97 Å². The van der Waals surface area contributed by atoms with Crippen molar-refractivity contribution in [3.63, 3.8) is 0 Å². The number of carbonyl (C=O) groups is 1. The number of hydrogen-bond acceptors (Lipinski definition) is 3. The minimum Gasteiger partial charge on any atom is -0.508 e. The van der Waals surface area contributed by atoms with E-state index in [2.05, 4.69) is 4.99 Å². The zero-order chi connectivity index (χ0) is 20.8. The zero-order valence-electron chi connectivity index (χ0n) is 15.4. The second-order valence-electron chi connectivity index (χ2n) is 6.45. The van der Waals surface area contributed by atoms with Crippen LogP contribution in [0.25, 0.3) is 0 Å².